The standard InChI is InChI=1S/C27H24N2O3/c1-3-28-23-12-8-5-9-19(23)17-29-26(28)24(21-10-6-7-11-22(21)27(29)31)25(30)18-13-15-20(16-14-18)32-4-2/h5-16H,3-4,17H2,1-2H3. The molecular weight excluding hydrogens is 400 g/mol. The van der Waals surface area contributed by atoms with Gasteiger partial charge in [-0.2, -0.15) is 0 Å². The number of hydrogen-bond acceptors (Lipinski definition) is 4. The van der Waals surface area contributed by atoms with Gasteiger partial charge < -0.3 is 9.64 Å². The van der Waals surface area contributed by atoms with Crippen LogP contribution >= 0.6 is 0 Å². The molecule has 1 aliphatic heterocycles. The number of carbonyl (C=O) groups is 1. The number of ketones is 1. The number of fused-ring (bicyclic) bond motifs is 3. The monoisotopic (exact) mass is 424 g/mol. The van der Waals surface area contributed by atoms with E-state index in [0.29, 0.717) is 47.4 Å². The highest BCUT2D eigenvalue weighted by molar-refractivity contribution is 6.20. The Morgan fingerprint density at radius 1 is 0.906 bits per heavy atom. The van der Waals surface area contributed by atoms with E-state index in [-0.39, 0.29) is 11.3 Å². The van der Waals surface area contributed by atoms with Gasteiger partial charge in [-0.25, -0.2) is 0 Å². The Morgan fingerprint density at radius 2 is 1.59 bits per heavy atom. The topological polar surface area (TPSA) is 51.5 Å². The van der Waals surface area contributed by atoms with Crippen molar-refractivity contribution in [3.8, 4) is 5.75 Å². The van der Waals surface area contributed by atoms with E-state index in [1.165, 1.54) is 0 Å². The number of hydrogen-bond donors (Lipinski definition) is 0. The van der Waals surface area contributed by atoms with Crippen LogP contribution in [0.5, 0.6) is 5.75 Å². The van der Waals surface area contributed by atoms with Gasteiger partial charge in [-0.3, -0.25) is 14.2 Å². The van der Waals surface area contributed by atoms with Crippen molar-refractivity contribution >= 4 is 28.1 Å². The van der Waals surface area contributed by atoms with Crippen molar-refractivity contribution in [1.29, 1.82) is 0 Å². The van der Waals surface area contributed by atoms with Crippen molar-refractivity contribution in [2.24, 2.45) is 0 Å². The Labute approximate surface area is 186 Å². The molecule has 160 valence electrons. The second-order valence-corrected chi connectivity index (χ2v) is 7.79. The van der Waals surface area contributed by atoms with Crippen LogP contribution in [-0.4, -0.2) is 23.5 Å². The van der Waals surface area contributed by atoms with Crippen molar-refractivity contribution < 1.29 is 9.53 Å². The third-order valence-electron chi connectivity index (χ3n) is 5.99. The van der Waals surface area contributed by atoms with Crippen LogP contribution in [0, 0.1) is 0 Å². The number of ether oxygens (including phenoxy) is 1. The normalized spacial score (nSPS) is 12.4. The van der Waals surface area contributed by atoms with Gasteiger partial charge in [0.1, 0.15) is 11.6 Å². The lowest BCUT2D eigenvalue weighted by Crippen LogP contribution is -2.36. The molecule has 32 heavy (non-hydrogen) atoms. The minimum Gasteiger partial charge on any atom is -0.494 e. The molecule has 0 aliphatic carbocycles. The number of rotatable bonds is 5. The summed E-state index contributed by atoms with van der Waals surface area (Å²) in [6, 6.07) is 22.7. The third-order valence-corrected chi connectivity index (χ3v) is 5.99. The number of nitrogens with zero attached hydrogens (tertiary/aromatic N) is 2. The number of pyridine rings is 1. The van der Waals surface area contributed by atoms with E-state index in [9.17, 15) is 9.59 Å². The van der Waals surface area contributed by atoms with E-state index < -0.39 is 0 Å². The van der Waals surface area contributed by atoms with Crippen LogP contribution in [0.25, 0.3) is 10.8 Å². The molecule has 0 bridgehead atoms. The van der Waals surface area contributed by atoms with Gasteiger partial charge in [0.2, 0.25) is 0 Å². The van der Waals surface area contributed by atoms with Crippen molar-refractivity contribution in [1.82, 2.24) is 4.57 Å². The molecule has 5 heteroatoms. The van der Waals surface area contributed by atoms with Gasteiger partial charge in [0.25, 0.3) is 5.56 Å². The quantitative estimate of drug-likeness (QED) is 0.416. The van der Waals surface area contributed by atoms with Gasteiger partial charge in [0.15, 0.2) is 5.78 Å². The van der Waals surface area contributed by atoms with Gasteiger partial charge >= 0.3 is 0 Å². The molecule has 1 aromatic heterocycles. The van der Waals surface area contributed by atoms with Crippen molar-refractivity contribution in [3.63, 3.8) is 0 Å². The van der Waals surface area contributed by atoms with Crippen LogP contribution in [0.4, 0.5) is 11.5 Å². The first-order chi connectivity index (χ1) is 15.6. The lowest BCUT2D eigenvalue weighted by Gasteiger charge is -2.35. The fourth-order valence-electron chi connectivity index (χ4n) is 4.56. The molecule has 0 radical (unpaired) electrons. The average molecular weight is 425 g/mol. The van der Waals surface area contributed by atoms with Crippen molar-refractivity contribution in [2.75, 3.05) is 18.1 Å². The summed E-state index contributed by atoms with van der Waals surface area (Å²) < 4.78 is 7.28. The van der Waals surface area contributed by atoms with Crippen LogP contribution < -0.4 is 15.2 Å². The highest BCUT2D eigenvalue weighted by Crippen LogP contribution is 2.39. The molecule has 1 aliphatic rings. The van der Waals surface area contributed by atoms with E-state index in [1.54, 1.807) is 22.8 Å². The number of carbonyl (C=O) groups excluding carboxylic acids is 1. The third kappa shape index (κ3) is 3.09. The summed E-state index contributed by atoms with van der Waals surface area (Å²) in [5.41, 5.74) is 3.14. The van der Waals surface area contributed by atoms with Crippen molar-refractivity contribution in [3.05, 3.63) is 99.8 Å². The predicted molar refractivity (Wildman–Crippen MR) is 127 cm³/mol. The Bertz CT molecular complexity index is 1390. The molecule has 0 unspecified atom stereocenters. The molecular formula is C27H24N2O3. The minimum atomic E-state index is -0.106. The molecule has 0 spiro atoms. The van der Waals surface area contributed by atoms with Gasteiger partial charge in [0, 0.05) is 28.6 Å². The van der Waals surface area contributed by atoms with Gasteiger partial charge in [0.05, 0.1) is 18.7 Å². The summed E-state index contributed by atoms with van der Waals surface area (Å²) in [7, 11) is 0. The molecule has 5 rings (SSSR count). The first-order valence-corrected chi connectivity index (χ1v) is 10.9. The molecule has 0 saturated carbocycles. The zero-order chi connectivity index (χ0) is 22.2. The second-order valence-electron chi connectivity index (χ2n) is 7.79. The maximum Gasteiger partial charge on any atom is 0.260 e. The van der Waals surface area contributed by atoms with E-state index in [1.807, 2.05) is 68.4 Å². The molecule has 0 N–H and O–H groups in total. The number of benzene rings is 3. The largest absolute Gasteiger partial charge is 0.494 e. The van der Waals surface area contributed by atoms with Crippen LogP contribution in [-0.2, 0) is 6.54 Å². The molecule has 3 aromatic carbocycles. The number of anilines is 2. The van der Waals surface area contributed by atoms with E-state index >= 15 is 0 Å². The first-order valence-electron chi connectivity index (χ1n) is 10.9. The van der Waals surface area contributed by atoms with Gasteiger partial charge in [-0.15, -0.1) is 0 Å². The zero-order valence-electron chi connectivity index (χ0n) is 18.2. The lowest BCUT2D eigenvalue weighted by atomic mass is 9.95. The van der Waals surface area contributed by atoms with E-state index in [2.05, 4.69) is 4.90 Å². The van der Waals surface area contributed by atoms with E-state index in [4.69, 9.17) is 4.74 Å². The maximum atomic E-state index is 13.9. The van der Waals surface area contributed by atoms with Crippen LogP contribution in [0.2, 0.25) is 0 Å². The molecule has 0 saturated heterocycles. The molecule has 0 fully saturated rings. The predicted octanol–water partition coefficient (Wildman–Crippen LogP) is 5.15. The highest BCUT2D eigenvalue weighted by Gasteiger charge is 2.30. The average Bonchev–Trinajstić information content (AvgIpc) is 2.84. The number of para-hydroxylation sites is 1. The molecule has 2 heterocycles. The summed E-state index contributed by atoms with van der Waals surface area (Å²) in [5, 5.41) is 1.24. The molecule has 5 nitrogen and oxygen atoms in total. The summed E-state index contributed by atoms with van der Waals surface area (Å²) in [5.74, 6) is 1.28. The van der Waals surface area contributed by atoms with Crippen LogP contribution in [0.15, 0.2) is 77.6 Å². The summed E-state index contributed by atoms with van der Waals surface area (Å²) in [4.78, 5) is 29.5. The summed E-state index contributed by atoms with van der Waals surface area (Å²) in [6.07, 6.45) is 0. The fraction of sp³-hybridized carbons (Fsp3) is 0.185. The lowest BCUT2D eigenvalue weighted by molar-refractivity contribution is 0.104. The first kappa shape index (κ1) is 20.1. The molecule has 0 atom stereocenters. The fourth-order valence-corrected chi connectivity index (χ4v) is 4.56. The Hall–Kier alpha value is -3.86. The Morgan fingerprint density at radius 3 is 2.31 bits per heavy atom. The van der Waals surface area contributed by atoms with Crippen molar-refractivity contribution in [2.45, 2.75) is 20.4 Å². The Balaban J connectivity index is 1.79. The smallest absolute Gasteiger partial charge is 0.260 e. The summed E-state index contributed by atoms with van der Waals surface area (Å²) >= 11 is 0. The number of aromatic nitrogens is 1. The van der Waals surface area contributed by atoms with Crippen LogP contribution in [0.3, 0.4) is 0 Å². The van der Waals surface area contributed by atoms with Gasteiger partial charge in [-0.05, 0) is 55.8 Å². The SMILES string of the molecule is CCOc1ccc(C(=O)c2c3n(c(=O)c4ccccc24)Cc2ccccc2N3CC)cc1. The summed E-state index contributed by atoms with van der Waals surface area (Å²) in [6.45, 7) is 5.61. The molecule has 4 aromatic rings. The minimum absolute atomic E-state index is 0.0770. The molecule has 0 amide bonds. The Kier molecular flexibility index (Phi) is 5.02. The second kappa shape index (κ2) is 8.00. The maximum absolute atomic E-state index is 13.9. The zero-order valence-corrected chi connectivity index (χ0v) is 18.2. The highest BCUT2D eigenvalue weighted by atomic mass is 16.5. The van der Waals surface area contributed by atoms with E-state index in [0.717, 1.165) is 17.0 Å². The van der Waals surface area contributed by atoms with Crippen LogP contribution in [0.1, 0.15) is 35.3 Å². The van der Waals surface area contributed by atoms with Gasteiger partial charge in [-0.1, -0.05) is 36.4 Å².